The van der Waals surface area contributed by atoms with Crippen LogP contribution in [-0.2, 0) is 90.2 Å². The number of aliphatic hydroxyl groups excluding tert-OH is 16. The fourth-order valence-corrected chi connectivity index (χ4v) is 21.0. The van der Waals surface area contributed by atoms with Crippen molar-refractivity contribution in [2.24, 2.45) is 0 Å². The first-order valence-corrected chi connectivity index (χ1v) is 47.3. The van der Waals surface area contributed by atoms with Gasteiger partial charge in [0.05, 0.1) is 68.1 Å². The average molecular weight is 1800 g/mol. The predicted octanol–water partition coefficient (Wildman–Crippen LogP) is -4.57. The van der Waals surface area contributed by atoms with Crippen LogP contribution in [0.4, 0.5) is 0 Å². The van der Waals surface area contributed by atoms with Crippen molar-refractivity contribution in [3.8, 4) is 0 Å². The van der Waals surface area contributed by atoms with Crippen molar-refractivity contribution in [3.05, 3.63) is 0 Å². The van der Waals surface area contributed by atoms with Gasteiger partial charge in [0.2, 0.25) is 0 Å². The molecule has 46 heteroatoms. The van der Waals surface area contributed by atoms with Gasteiger partial charge in [-0.3, -0.25) is 14.4 Å². The van der Waals surface area contributed by atoms with Crippen molar-refractivity contribution in [3.63, 3.8) is 0 Å². The molecule has 0 saturated carbocycles. The second-order valence-corrected chi connectivity index (χ2v) is 38.2. The lowest BCUT2D eigenvalue weighted by molar-refractivity contribution is -0.392. The van der Waals surface area contributed by atoms with Crippen molar-refractivity contribution in [2.45, 2.75) is 306 Å². The van der Waals surface area contributed by atoms with E-state index in [4.69, 9.17) is 75.8 Å². The van der Waals surface area contributed by atoms with E-state index >= 15 is 0 Å². The number of hydrogen-bond donors (Lipinski definition) is 19. The zero-order chi connectivity index (χ0) is 82.9. The minimum atomic E-state index is -2.20. The molecule has 662 valence electrons. The monoisotopic (exact) mass is 1790 g/mol. The number of carbonyl (C=O) groups is 3. The molecule has 0 aromatic carbocycles. The standard InChI is InChI=1S/C68H114O38S8/c1-6-14-111-22-30-56-40(78)47(85)63(95-30)102-57-32(24-113-16-12-35(71)72)97-65(49(87)42(57)80)104-59-33(25-114-17-13-36(73)74)98-66(50(88)43(59)81)103-58-31(23-112-15-11-34(69)70)96-64(48(86)41(58)79)100-54-28(20-109-9-4)94-67(51(89)44(54)82)106-60-37(75)26(18-107-7-2)91-68(52(60)90)105-55-29(21-110-10-5)93-61(46(84)39(55)77)99-53-27(19-108-8-3)92-62(101-56)45(83)38(53)76/h26-33,37-68,75-90H,6-25H2,1-5H3,(H,69,70)(H,71,72)(H,73,74)/t26?,27?,28?,29?,30?,31?,32?,33?,37-,38-,39-,40-,41?,42-,43-,44-,45?,46?,47?,48+,49?,50?,51?,52?,53-,54-,55-,56-,57-,58-,59-,60+,61-,62-,63-,64-,65-,66-,67-,68+/m1/s1. The number of ether oxygens (including phenoxy) is 16. The van der Waals surface area contributed by atoms with E-state index in [2.05, 4.69) is 0 Å². The summed E-state index contributed by atoms with van der Waals surface area (Å²) in [6.07, 6.45) is -73.0. The molecular weight excluding hydrogens is 1680 g/mol. The molecule has 114 heavy (non-hydrogen) atoms. The molecule has 38 nitrogen and oxygen atoms in total. The molecule has 26 aliphatic heterocycles. The second-order valence-electron chi connectivity index (χ2n) is 28.4. The lowest BCUT2D eigenvalue weighted by atomic mass is 9.95. The van der Waals surface area contributed by atoms with Crippen molar-refractivity contribution < 1.29 is 187 Å². The van der Waals surface area contributed by atoms with E-state index in [0.29, 0.717) is 35.2 Å². The van der Waals surface area contributed by atoms with Gasteiger partial charge in [0.25, 0.3) is 0 Å². The lowest BCUT2D eigenvalue weighted by Crippen LogP contribution is -2.68. The maximum atomic E-state index is 12.3. The highest BCUT2D eigenvalue weighted by Crippen LogP contribution is 2.43. The third-order valence-corrected chi connectivity index (χ3v) is 28.6. The SMILES string of the molecule is CCCSCC1O[C@@H]2O[C@@H]3C(CSCCC(=O)O)O[C@H](O[C@@H]4C(CSCCC(=O)O)O[C@H](O[C@@H]5C(CSCCC(=O)O)O[C@H](O[C@@H]6C(CSCC)O[C@H](O[C@@H]7C(O)[C@@H](OC(CSCC)[C@H]7O)O[C@@H]7C(CSCC)O[C@H](O[C@@H]8C(CSCC)O[C@H](O[C@H]1[C@H](O)C2O)C(O)[C@H]8O)C(O)[C@H]7O)C(O)[C@H]6O)[C@@H](O)C5O)C(O)[C@H]4O)C(O)[C@H]3O. The van der Waals surface area contributed by atoms with Gasteiger partial charge in [-0.25, -0.2) is 0 Å². The van der Waals surface area contributed by atoms with E-state index in [1.807, 2.05) is 27.7 Å². The van der Waals surface area contributed by atoms with Crippen molar-refractivity contribution >= 4 is 112 Å². The molecule has 26 aliphatic rings. The molecule has 26 saturated heterocycles. The van der Waals surface area contributed by atoms with E-state index in [0.717, 1.165) is 35.3 Å². The van der Waals surface area contributed by atoms with Crippen LogP contribution in [0.5, 0.6) is 0 Å². The summed E-state index contributed by atoms with van der Waals surface area (Å²) in [6.45, 7) is 9.19. The molecule has 0 radical (unpaired) electrons. The molecule has 16 bridgehead atoms. The van der Waals surface area contributed by atoms with E-state index < -0.39 is 264 Å². The second kappa shape index (κ2) is 47.3. The maximum Gasteiger partial charge on any atom is 0.304 e. The van der Waals surface area contributed by atoms with Crippen LogP contribution in [0.1, 0.15) is 60.3 Å². The summed E-state index contributed by atoms with van der Waals surface area (Å²) >= 11 is 9.46. The van der Waals surface area contributed by atoms with Gasteiger partial charge < -0.3 is 173 Å². The van der Waals surface area contributed by atoms with Gasteiger partial charge >= 0.3 is 17.9 Å². The Morgan fingerprint density at radius 3 is 0.588 bits per heavy atom. The zero-order valence-electron chi connectivity index (χ0n) is 63.3. The minimum absolute atomic E-state index is 0.00298. The van der Waals surface area contributed by atoms with Gasteiger partial charge in [0, 0.05) is 63.3 Å². The number of carboxylic acids is 3. The third-order valence-electron chi connectivity index (χ3n) is 20.3. The number of rotatable bonds is 31. The number of hydrogen-bond acceptors (Lipinski definition) is 43. The van der Waals surface area contributed by atoms with Gasteiger partial charge in [-0.15, -0.1) is 0 Å². The molecular formula is C68H114O38S8. The van der Waals surface area contributed by atoms with Crippen LogP contribution < -0.4 is 0 Å². The number of aliphatic carboxylic acids is 3. The Balaban J connectivity index is 1.09. The normalized spacial score (nSPS) is 45.3. The van der Waals surface area contributed by atoms with Crippen molar-refractivity contribution in [2.75, 3.05) is 92.0 Å². The first-order chi connectivity index (χ1) is 54.5. The Labute approximate surface area is 693 Å². The smallest absolute Gasteiger partial charge is 0.304 e. The summed E-state index contributed by atoms with van der Waals surface area (Å²) in [5, 5.41) is 223. The lowest BCUT2D eigenvalue weighted by Gasteiger charge is -2.50. The number of thioether (sulfide) groups is 8. The first-order valence-electron chi connectivity index (χ1n) is 38.1. The molecule has 19 N–H and O–H groups in total. The summed E-state index contributed by atoms with van der Waals surface area (Å²) in [6, 6.07) is 0. The predicted molar refractivity (Wildman–Crippen MR) is 413 cm³/mol. The fourth-order valence-electron chi connectivity index (χ4n) is 14.2. The Hall–Kier alpha value is -0.0700. The molecule has 40 atom stereocenters. The van der Waals surface area contributed by atoms with E-state index in [1.54, 1.807) is 6.92 Å². The molecule has 0 aromatic rings. The largest absolute Gasteiger partial charge is 0.481 e. The molecule has 26 heterocycles. The molecule has 26 fully saturated rings. The topological polar surface area (TPSA) is 583 Å². The summed E-state index contributed by atoms with van der Waals surface area (Å²) < 4.78 is 102. The summed E-state index contributed by atoms with van der Waals surface area (Å²) in [5.41, 5.74) is 0. The van der Waals surface area contributed by atoms with Crippen molar-refractivity contribution in [1.82, 2.24) is 0 Å². The van der Waals surface area contributed by atoms with Crippen LogP contribution in [0.2, 0.25) is 0 Å². The zero-order valence-corrected chi connectivity index (χ0v) is 69.8. The van der Waals surface area contributed by atoms with Gasteiger partial charge in [-0.2, -0.15) is 94.1 Å². The molecule has 16 unspecified atom stereocenters. The quantitative estimate of drug-likeness (QED) is 0.0291. The fraction of sp³-hybridized carbons (Fsp3) is 0.956. The van der Waals surface area contributed by atoms with E-state index in [9.17, 15) is 111 Å². The van der Waals surface area contributed by atoms with Crippen LogP contribution in [0.25, 0.3) is 0 Å². The highest BCUT2D eigenvalue weighted by Gasteiger charge is 2.61. The van der Waals surface area contributed by atoms with Crippen molar-refractivity contribution in [1.29, 1.82) is 0 Å². The Morgan fingerprint density at radius 1 is 0.211 bits per heavy atom. The van der Waals surface area contributed by atoms with Crippen LogP contribution in [0, 0.1) is 0 Å². The molecule has 0 aliphatic carbocycles. The van der Waals surface area contributed by atoms with Gasteiger partial charge in [0.1, 0.15) is 146 Å². The number of carboxylic acid groups (broad SMARTS) is 3. The first kappa shape index (κ1) is 97.7. The highest BCUT2D eigenvalue weighted by molar-refractivity contribution is 8.00. The molecule has 26 rings (SSSR count). The average Bonchev–Trinajstić information content (AvgIpc) is 0.773. The Kier molecular flexibility index (Phi) is 40.6. The van der Waals surface area contributed by atoms with Crippen LogP contribution in [0.3, 0.4) is 0 Å². The summed E-state index contributed by atoms with van der Waals surface area (Å²) in [7, 11) is 0. The van der Waals surface area contributed by atoms with Gasteiger partial charge in [-0.1, -0.05) is 34.6 Å². The summed E-state index contributed by atoms with van der Waals surface area (Å²) in [4.78, 5) is 35.2. The molecule has 0 spiro atoms. The Morgan fingerprint density at radius 2 is 0.386 bits per heavy atom. The molecule has 0 aromatic heterocycles. The third kappa shape index (κ3) is 25.2. The number of aliphatic hydroxyl groups is 16. The highest BCUT2D eigenvalue weighted by atomic mass is 32.2. The van der Waals surface area contributed by atoms with E-state index in [1.165, 1.54) is 58.8 Å². The van der Waals surface area contributed by atoms with Gasteiger partial charge in [0.15, 0.2) is 50.3 Å². The Bertz CT molecular complexity index is 2860. The summed E-state index contributed by atoms with van der Waals surface area (Å²) in [5.74, 6) is -2.02. The molecule has 0 amide bonds. The van der Waals surface area contributed by atoms with Gasteiger partial charge in [-0.05, 0) is 35.2 Å². The maximum absolute atomic E-state index is 12.3. The van der Waals surface area contributed by atoms with Crippen LogP contribution in [0.15, 0.2) is 0 Å². The van der Waals surface area contributed by atoms with Crippen LogP contribution in [-0.4, -0.2) is 453 Å². The van der Waals surface area contributed by atoms with Crippen LogP contribution >= 0.6 is 94.1 Å². The minimum Gasteiger partial charge on any atom is -0.481 e. The van der Waals surface area contributed by atoms with E-state index in [-0.39, 0.29) is 82.5 Å².